The first kappa shape index (κ1) is 17.9. The first-order valence-corrected chi connectivity index (χ1v) is 8.41. The molecule has 2 aromatic carbocycles. The van der Waals surface area contributed by atoms with E-state index >= 15 is 0 Å². The second kappa shape index (κ2) is 6.96. The van der Waals surface area contributed by atoms with E-state index in [9.17, 15) is 27.1 Å². The van der Waals surface area contributed by atoms with Gasteiger partial charge < -0.3 is 10.4 Å². The predicted molar refractivity (Wildman–Crippen MR) is 84.0 cm³/mol. The van der Waals surface area contributed by atoms with Crippen molar-refractivity contribution in [1.29, 1.82) is 0 Å². The number of hydrogen-bond donors (Lipinski definition) is 2. The highest BCUT2D eigenvalue weighted by molar-refractivity contribution is 7.91. The van der Waals surface area contributed by atoms with E-state index < -0.39 is 22.7 Å². The number of phenolic OH excluding ortho intramolecular Hbond substituents is 1. The van der Waals surface area contributed by atoms with E-state index in [2.05, 4.69) is 5.32 Å². The topological polar surface area (TPSA) is 83.5 Å². The molecule has 2 rings (SSSR count). The van der Waals surface area contributed by atoms with Crippen LogP contribution in [0.4, 0.5) is 14.5 Å². The number of nitrogens with one attached hydrogen (secondary N) is 1. The molecule has 2 N–H and O–H groups in total. The maximum atomic E-state index is 12.6. The van der Waals surface area contributed by atoms with Crippen molar-refractivity contribution in [2.24, 2.45) is 0 Å². The summed E-state index contributed by atoms with van der Waals surface area (Å²) in [5.74, 6) is -0.741. The second-order valence-corrected chi connectivity index (χ2v) is 7.05. The average Bonchev–Trinajstić information content (AvgIpc) is 2.48. The highest BCUT2D eigenvalue weighted by Crippen LogP contribution is 2.28. The predicted octanol–water partition coefficient (Wildman–Crippen LogP) is 2.99. The lowest BCUT2D eigenvalue weighted by atomic mass is 10.1. The normalized spacial score (nSPS) is 11.5. The number of amides is 1. The van der Waals surface area contributed by atoms with Gasteiger partial charge in [-0.05, 0) is 36.4 Å². The Bertz CT molecular complexity index is 866. The summed E-state index contributed by atoms with van der Waals surface area (Å²) in [4.78, 5) is 10.8. The Morgan fingerprint density at radius 2 is 1.83 bits per heavy atom. The van der Waals surface area contributed by atoms with Gasteiger partial charge in [-0.2, -0.15) is 0 Å². The Morgan fingerprint density at radius 1 is 1.17 bits per heavy atom. The molecule has 0 fully saturated rings. The third-order valence-electron chi connectivity index (χ3n) is 3.20. The van der Waals surface area contributed by atoms with Crippen molar-refractivity contribution in [3.63, 3.8) is 0 Å². The molecular formula is C16H15F2NO4S. The van der Waals surface area contributed by atoms with Crippen LogP contribution in [0.15, 0.2) is 52.3 Å². The molecule has 0 saturated carbocycles. The summed E-state index contributed by atoms with van der Waals surface area (Å²) in [6, 6.07) is 8.84. The van der Waals surface area contributed by atoms with Gasteiger partial charge in [0.05, 0.1) is 9.79 Å². The number of carbonyl (C=O) groups excluding carboxylic acids is 1. The summed E-state index contributed by atoms with van der Waals surface area (Å²) < 4.78 is 50.3. The Balaban J connectivity index is 2.45. The highest BCUT2D eigenvalue weighted by Gasteiger charge is 2.20. The highest BCUT2D eigenvalue weighted by atomic mass is 32.2. The van der Waals surface area contributed by atoms with E-state index in [0.29, 0.717) is 5.69 Å². The van der Waals surface area contributed by atoms with E-state index in [1.165, 1.54) is 31.2 Å². The SMILES string of the molecule is CC(=O)Nc1cccc(S(=O)(=O)c2ccc(O)c(CC(F)F)c2)c1. The lowest BCUT2D eigenvalue weighted by molar-refractivity contribution is -0.114. The van der Waals surface area contributed by atoms with E-state index in [4.69, 9.17) is 0 Å². The summed E-state index contributed by atoms with van der Waals surface area (Å²) in [6.07, 6.45) is -3.46. The molecule has 0 aliphatic heterocycles. The lowest BCUT2D eigenvalue weighted by Gasteiger charge is -2.10. The number of alkyl halides is 2. The lowest BCUT2D eigenvalue weighted by Crippen LogP contribution is -2.08. The Morgan fingerprint density at radius 3 is 2.46 bits per heavy atom. The molecule has 0 aliphatic carbocycles. The van der Waals surface area contributed by atoms with Gasteiger partial charge in [-0.1, -0.05) is 6.07 Å². The van der Waals surface area contributed by atoms with Crippen LogP contribution in [0.25, 0.3) is 0 Å². The van der Waals surface area contributed by atoms with E-state index in [0.717, 1.165) is 18.2 Å². The molecule has 5 nitrogen and oxygen atoms in total. The van der Waals surface area contributed by atoms with Gasteiger partial charge in [0.2, 0.25) is 22.2 Å². The van der Waals surface area contributed by atoms with Gasteiger partial charge in [0.15, 0.2) is 0 Å². The fraction of sp³-hybridized carbons (Fsp3) is 0.188. The third-order valence-corrected chi connectivity index (χ3v) is 4.95. The van der Waals surface area contributed by atoms with Crippen molar-refractivity contribution in [2.45, 2.75) is 29.6 Å². The van der Waals surface area contributed by atoms with Crippen LogP contribution in [-0.2, 0) is 21.1 Å². The van der Waals surface area contributed by atoms with Crippen LogP contribution in [0.1, 0.15) is 12.5 Å². The van der Waals surface area contributed by atoms with Crippen molar-refractivity contribution in [3.05, 3.63) is 48.0 Å². The number of phenols is 1. The van der Waals surface area contributed by atoms with Gasteiger partial charge in [0.1, 0.15) is 5.75 Å². The first-order valence-electron chi connectivity index (χ1n) is 6.93. The molecule has 24 heavy (non-hydrogen) atoms. The molecule has 1 amide bonds. The molecule has 0 aliphatic rings. The van der Waals surface area contributed by atoms with Crippen LogP contribution >= 0.6 is 0 Å². The minimum atomic E-state index is -3.98. The monoisotopic (exact) mass is 355 g/mol. The number of aromatic hydroxyl groups is 1. The van der Waals surface area contributed by atoms with Gasteiger partial charge in [0, 0.05) is 24.6 Å². The Hall–Kier alpha value is -2.48. The number of rotatable bonds is 5. The summed E-state index contributed by atoms with van der Waals surface area (Å²) in [5, 5.41) is 12.1. The zero-order chi connectivity index (χ0) is 17.9. The van der Waals surface area contributed by atoms with Gasteiger partial charge in [-0.15, -0.1) is 0 Å². The first-order chi connectivity index (χ1) is 11.2. The minimum absolute atomic E-state index is 0.0950. The number of halogens is 2. The second-order valence-electron chi connectivity index (χ2n) is 5.10. The van der Waals surface area contributed by atoms with Crippen LogP contribution in [0.5, 0.6) is 5.75 Å². The van der Waals surface area contributed by atoms with Crippen LogP contribution in [0.3, 0.4) is 0 Å². The Kier molecular flexibility index (Phi) is 5.18. The molecule has 0 bridgehead atoms. The summed E-state index contributed by atoms with van der Waals surface area (Å²) in [6.45, 7) is 1.29. The van der Waals surface area contributed by atoms with E-state index in [1.54, 1.807) is 0 Å². The zero-order valence-corrected chi connectivity index (χ0v) is 13.5. The largest absolute Gasteiger partial charge is 0.508 e. The Labute approximate surface area is 137 Å². The fourth-order valence-corrected chi connectivity index (χ4v) is 3.50. The molecule has 128 valence electrons. The van der Waals surface area contributed by atoms with Crippen molar-refractivity contribution in [3.8, 4) is 5.75 Å². The van der Waals surface area contributed by atoms with Crippen molar-refractivity contribution >= 4 is 21.4 Å². The minimum Gasteiger partial charge on any atom is -0.508 e. The van der Waals surface area contributed by atoms with Crippen LogP contribution < -0.4 is 5.32 Å². The van der Waals surface area contributed by atoms with E-state index in [-0.39, 0.29) is 27.0 Å². The molecule has 0 atom stereocenters. The number of hydrogen-bond acceptors (Lipinski definition) is 4. The maximum Gasteiger partial charge on any atom is 0.242 e. The molecule has 0 saturated heterocycles. The summed E-state index contributed by atoms with van der Waals surface area (Å²) in [7, 11) is -3.98. The van der Waals surface area contributed by atoms with Gasteiger partial charge in [0.25, 0.3) is 0 Å². The molecule has 0 aromatic heterocycles. The van der Waals surface area contributed by atoms with Gasteiger partial charge in [-0.25, -0.2) is 17.2 Å². The summed E-state index contributed by atoms with van der Waals surface area (Å²) in [5.41, 5.74) is 0.152. The van der Waals surface area contributed by atoms with Gasteiger partial charge in [-0.3, -0.25) is 4.79 Å². The number of sulfone groups is 1. The number of benzene rings is 2. The molecule has 2 aromatic rings. The smallest absolute Gasteiger partial charge is 0.242 e. The van der Waals surface area contributed by atoms with Gasteiger partial charge >= 0.3 is 0 Å². The van der Waals surface area contributed by atoms with Crippen molar-refractivity contribution < 1.29 is 27.1 Å². The van der Waals surface area contributed by atoms with Crippen molar-refractivity contribution in [2.75, 3.05) is 5.32 Å². The molecular weight excluding hydrogens is 340 g/mol. The third kappa shape index (κ3) is 4.08. The molecule has 0 unspecified atom stereocenters. The van der Waals surface area contributed by atoms with Crippen LogP contribution in [0.2, 0.25) is 0 Å². The number of anilines is 1. The molecule has 0 spiro atoms. The van der Waals surface area contributed by atoms with Crippen LogP contribution in [0, 0.1) is 0 Å². The van der Waals surface area contributed by atoms with E-state index in [1.807, 2.05) is 0 Å². The average molecular weight is 355 g/mol. The standard InChI is InChI=1S/C16H15F2NO4S/c1-10(20)19-12-3-2-4-13(9-12)24(22,23)14-5-6-15(21)11(7-14)8-16(17)18/h2-7,9,16,21H,8H2,1H3,(H,19,20). The summed E-state index contributed by atoms with van der Waals surface area (Å²) >= 11 is 0. The zero-order valence-electron chi connectivity index (χ0n) is 12.7. The fourth-order valence-electron chi connectivity index (χ4n) is 2.14. The molecule has 8 heteroatoms. The maximum absolute atomic E-state index is 12.6. The van der Waals surface area contributed by atoms with Crippen molar-refractivity contribution in [1.82, 2.24) is 0 Å². The van der Waals surface area contributed by atoms with Crippen LogP contribution in [-0.4, -0.2) is 25.9 Å². The molecule has 0 heterocycles. The molecule has 0 radical (unpaired) electrons. The number of carbonyl (C=O) groups is 1. The quantitative estimate of drug-likeness (QED) is 0.864.